The minimum absolute atomic E-state index is 0.599. The average Bonchev–Trinajstić information content (AvgIpc) is 2.85. The van der Waals surface area contributed by atoms with Crippen molar-refractivity contribution in [3.8, 4) is 16.5 Å². The van der Waals surface area contributed by atoms with Gasteiger partial charge in [-0.1, -0.05) is 60.7 Å². The summed E-state index contributed by atoms with van der Waals surface area (Å²) in [6, 6.07) is 22.5. The van der Waals surface area contributed by atoms with E-state index >= 15 is 0 Å². The Hall–Kier alpha value is -2.57. The second-order valence-electron chi connectivity index (χ2n) is 4.79. The van der Waals surface area contributed by atoms with Crippen LogP contribution in [0.4, 0.5) is 5.00 Å². The van der Waals surface area contributed by atoms with Crippen LogP contribution in [-0.4, -0.2) is 0 Å². The molecule has 0 bridgehead atoms. The Morgan fingerprint density at radius 2 is 1.57 bits per heavy atom. The van der Waals surface area contributed by atoms with Gasteiger partial charge in [0.05, 0.1) is 5.56 Å². The van der Waals surface area contributed by atoms with Crippen molar-refractivity contribution in [3.63, 3.8) is 0 Å². The first-order valence-corrected chi connectivity index (χ1v) is 7.52. The van der Waals surface area contributed by atoms with Crippen molar-refractivity contribution in [2.24, 2.45) is 0 Å². The van der Waals surface area contributed by atoms with Gasteiger partial charge in [-0.05, 0) is 16.7 Å². The molecule has 0 radical (unpaired) electrons. The molecular weight excluding hydrogens is 276 g/mol. The molecule has 1 aromatic heterocycles. The zero-order valence-corrected chi connectivity index (χ0v) is 12.2. The lowest BCUT2D eigenvalue weighted by molar-refractivity contribution is 1.20. The maximum atomic E-state index is 9.41. The van der Waals surface area contributed by atoms with Gasteiger partial charge in [-0.15, -0.1) is 11.3 Å². The van der Waals surface area contributed by atoms with Crippen LogP contribution in [0.5, 0.6) is 0 Å². The number of thiophene rings is 1. The maximum Gasteiger partial charge on any atom is 0.105 e. The molecule has 0 saturated carbocycles. The van der Waals surface area contributed by atoms with Gasteiger partial charge >= 0.3 is 0 Å². The highest BCUT2D eigenvalue weighted by molar-refractivity contribution is 7.19. The molecule has 2 nitrogen and oxygen atoms in total. The molecule has 3 heteroatoms. The molecule has 102 valence electrons. The van der Waals surface area contributed by atoms with Crippen molar-refractivity contribution in [2.75, 3.05) is 5.73 Å². The fourth-order valence-corrected chi connectivity index (χ4v) is 3.44. The summed E-state index contributed by atoms with van der Waals surface area (Å²) in [6.45, 7) is 0. The van der Waals surface area contributed by atoms with Gasteiger partial charge in [0.1, 0.15) is 11.1 Å². The van der Waals surface area contributed by atoms with Gasteiger partial charge in [0, 0.05) is 11.3 Å². The van der Waals surface area contributed by atoms with Crippen LogP contribution >= 0.6 is 11.3 Å². The molecule has 0 amide bonds. The largest absolute Gasteiger partial charge is 0.389 e. The number of nitriles is 1. The average molecular weight is 290 g/mol. The third kappa shape index (κ3) is 2.67. The van der Waals surface area contributed by atoms with Gasteiger partial charge in [-0.3, -0.25) is 0 Å². The monoisotopic (exact) mass is 290 g/mol. The van der Waals surface area contributed by atoms with Crippen molar-refractivity contribution in [2.45, 2.75) is 6.42 Å². The number of hydrogen-bond donors (Lipinski definition) is 1. The zero-order chi connectivity index (χ0) is 14.7. The lowest BCUT2D eigenvalue weighted by atomic mass is 9.99. The third-order valence-electron chi connectivity index (χ3n) is 3.41. The van der Waals surface area contributed by atoms with E-state index < -0.39 is 0 Å². The van der Waals surface area contributed by atoms with E-state index in [0.717, 1.165) is 22.4 Å². The Labute approximate surface area is 128 Å². The zero-order valence-electron chi connectivity index (χ0n) is 11.4. The van der Waals surface area contributed by atoms with Crippen LogP contribution in [0.3, 0.4) is 0 Å². The van der Waals surface area contributed by atoms with E-state index in [4.69, 9.17) is 5.73 Å². The number of benzene rings is 2. The fraction of sp³-hybridized carbons (Fsp3) is 0.0556. The van der Waals surface area contributed by atoms with E-state index in [2.05, 4.69) is 30.3 Å². The lowest BCUT2D eigenvalue weighted by Gasteiger charge is -2.05. The first kappa shape index (κ1) is 13.4. The first-order valence-electron chi connectivity index (χ1n) is 6.70. The summed E-state index contributed by atoms with van der Waals surface area (Å²) < 4.78 is 0. The summed E-state index contributed by atoms with van der Waals surface area (Å²) in [6.07, 6.45) is 0.724. The summed E-state index contributed by atoms with van der Waals surface area (Å²) in [7, 11) is 0. The number of anilines is 1. The summed E-state index contributed by atoms with van der Waals surface area (Å²) in [5.41, 5.74) is 9.98. The van der Waals surface area contributed by atoms with Crippen molar-refractivity contribution in [3.05, 3.63) is 77.4 Å². The third-order valence-corrected chi connectivity index (χ3v) is 4.52. The van der Waals surface area contributed by atoms with E-state index in [1.165, 1.54) is 16.9 Å². The highest BCUT2D eigenvalue weighted by Crippen LogP contribution is 2.39. The molecule has 1 heterocycles. The minimum atomic E-state index is 0.599. The van der Waals surface area contributed by atoms with E-state index in [0.29, 0.717) is 10.6 Å². The van der Waals surface area contributed by atoms with Gasteiger partial charge in [0.25, 0.3) is 0 Å². The summed E-state index contributed by atoms with van der Waals surface area (Å²) in [4.78, 5) is 1.09. The van der Waals surface area contributed by atoms with Gasteiger partial charge in [0.2, 0.25) is 0 Å². The molecule has 3 rings (SSSR count). The van der Waals surface area contributed by atoms with Crippen LogP contribution < -0.4 is 5.73 Å². The second-order valence-corrected chi connectivity index (χ2v) is 5.84. The molecule has 2 N–H and O–H groups in total. The summed E-state index contributed by atoms with van der Waals surface area (Å²) >= 11 is 1.49. The van der Waals surface area contributed by atoms with Crippen LogP contribution in [-0.2, 0) is 6.42 Å². The molecule has 3 aromatic rings. The molecule has 0 aliphatic rings. The number of rotatable bonds is 3. The molecule has 0 saturated heterocycles. The molecule has 0 aliphatic carbocycles. The Morgan fingerprint density at radius 1 is 0.952 bits per heavy atom. The molecule has 0 spiro atoms. The molecule has 2 aromatic carbocycles. The lowest BCUT2D eigenvalue weighted by Crippen LogP contribution is -1.93. The molecular formula is C18H14N2S. The van der Waals surface area contributed by atoms with Crippen molar-refractivity contribution in [1.29, 1.82) is 5.26 Å². The number of nitrogens with two attached hydrogens (primary N) is 1. The Balaban J connectivity index is 2.12. The topological polar surface area (TPSA) is 49.8 Å². The van der Waals surface area contributed by atoms with Crippen molar-refractivity contribution >= 4 is 16.3 Å². The maximum absolute atomic E-state index is 9.41. The van der Waals surface area contributed by atoms with Crippen LogP contribution in [0.15, 0.2) is 60.7 Å². The van der Waals surface area contributed by atoms with Gasteiger partial charge in [-0.2, -0.15) is 5.26 Å². The van der Waals surface area contributed by atoms with Crippen molar-refractivity contribution < 1.29 is 0 Å². The Kier molecular flexibility index (Phi) is 3.72. The summed E-state index contributed by atoms with van der Waals surface area (Å²) in [5.74, 6) is 0. The van der Waals surface area contributed by atoms with Crippen LogP contribution in [0.2, 0.25) is 0 Å². The summed E-state index contributed by atoms with van der Waals surface area (Å²) in [5, 5.41) is 10.0. The van der Waals surface area contributed by atoms with Gasteiger partial charge in [-0.25, -0.2) is 0 Å². The van der Waals surface area contributed by atoms with Crippen molar-refractivity contribution in [1.82, 2.24) is 0 Å². The van der Waals surface area contributed by atoms with E-state index in [-0.39, 0.29) is 0 Å². The number of nitrogens with zero attached hydrogens (tertiary/aromatic N) is 1. The number of hydrogen-bond acceptors (Lipinski definition) is 3. The highest BCUT2D eigenvalue weighted by Gasteiger charge is 2.17. The minimum Gasteiger partial charge on any atom is -0.389 e. The van der Waals surface area contributed by atoms with Crippen LogP contribution in [0, 0.1) is 11.3 Å². The highest BCUT2D eigenvalue weighted by atomic mass is 32.1. The van der Waals surface area contributed by atoms with Crippen LogP contribution in [0.1, 0.15) is 16.7 Å². The van der Waals surface area contributed by atoms with Crippen LogP contribution in [0.25, 0.3) is 10.4 Å². The fourth-order valence-electron chi connectivity index (χ4n) is 2.40. The SMILES string of the molecule is N#Cc1c(N)sc(-c2ccccc2)c1Cc1ccccc1. The molecule has 0 fully saturated rings. The Bertz CT molecular complexity index is 783. The standard InChI is InChI=1S/C18H14N2S/c19-12-16-15(11-13-7-3-1-4-8-13)17(21-18(16)20)14-9-5-2-6-10-14/h1-10H,11,20H2. The van der Waals surface area contributed by atoms with E-state index in [1.807, 2.05) is 36.4 Å². The molecule has 21 heavy (non-hydrogen) atoms. The van der Waals surface area contributed by atoms with E-state index in [1.54, 1.807) is 0 Å². The number of nitrogen functional groups attached to an aromatic ring is 1. The van der Waals surface area contributed by atoms with Gasteiger partial charge < -0.3 is 5.73 Å². The molecule has 0 aliphatic heterocycles. The molecule has 0 atom stereocenters. The normalized spacial score (nSPS) is 10.2. The first-order chi connectivity index (χ1) is 10.3. The second kappa shape index (κ2) is 5.82. The smallest absolute Gasteiger partial charge is 0.105 e. The molecule has 0 unspecified atom stereocenters. The van der Waals surface area contributed by atoms with E-state index in [9.17, 15) is 5.26 Å². The predicted molar refractivity (Wildman–Crippen MR) is 88.1 cm³/mol. The predicted octanol–water partition coefficient (Wildman–Crippen LogP) is 4.46. The quantitative estimate of drug-likeness (QED) is 0.774. The van der Waals surface area contributed by atoms with Gasteiger partial charge in [0.15, 0.2) is 0 Å². The Morgan fingerprint density at radius 3 is 2.19 bits per heavy atom.